The first-order chi connectivity index (χ1) is 13.7. The minimum atomic E-state index is -0.677. The van der Waals surface area contributed by atoms with Crippen molar-refractivity contribution in [3.63, 3.8) is 0 Å². The van der Waals surface area contributed by atoms with Gasteiger partial charge in [-0.3, -0.25) is 14.6 Å². The molecular formula is C23H18N2O3. The number of amides is 1. The fourth-order valence-electron chi connectivity index (χ4n) is 3.46. The van der Waals surface area contributed by atoms with Gasteiger partial charge in [-0.15, -0.1) is 0 Å². The maximum atomic E-state index is 12.9. The molecule has 138 valence electrons. The Hall–Kier alpha value is -3.73. The Kier molecular flexibility index (Phi) is 4.72. The lowest BCUT2D eigenvalue weighted by atomic mass is 9.95. The van der Waals surface area contributed by atoms with E-state index in [0.717, 1.165) is 11.1 Å². The van der Waals surface area contributed by atoms with Crippen LogP contribution in [0.2, 0.25) is 0 Å². The third-order valence-electron chi connectivity index (χ3n) is 4.80. The Balaban J connectivity index is 1.85. The Morgan fingerprint density at radius 3 is 2.14 bits per heavy atom. The van der Waals surface area contributed by atoms with Crippen LogP contribution in [0.3, 0.4) is 0 Å². The topological polar surface area (TPSA) is 70.5 Å². The van der Waals surface area contributed by atoms with Crippen LogP contribution in [0.5, 0.6) is 0 Å². The van der Waals surface area contributed by atoms with Crippen LogP contribution < -0.4 is 0 Å². The van der Waals surface area contributed by atoms with Crippen molar-refractivity contribution in [2.24, 2.45) is 0 Å². The summed E-state index contributed by atoms with van der Waals surface area (Å²) in [6, 6.07) is 21.0. The molecule has 1 amide bonds. The molecule has 0 aliphatic carbocycles. The predicted octanol–water partition coefficient (Wildman–Crippen LogP) is 3.70. The first kappa shape index (κ1) is 17.7. The highest BCUT2D eigenvalue weighted by Crippen LogP contribution is 2.40. The minimum Gasteiger partial charge on any atom is -0.507 e. The molecule has 1 fully saturated rings. The number of carbonyl (C=O) groups excluding carboxylic acids is 2. The van der Waals surface area contributed by atoms with Gasteiger partial charge in [0.2, 0.25) is 0 Å². The van der Waals surface area contributed by atoms with Crippen molar-refractivity contribution in [1.82, 2.24) is 9.88 Å². The number of benzene rings is 2. The summed E-state index contributed by atoms with van der Waals surface area (Å²) in [6.07, 6.45) is 3.29. The van der Waals surface area contributed by atoms with Crippen LogP contribution >= 0.6 is 0 Å². The number of rotatable bonds is 4. The second kappa shape index (κ2) is 7.48. The maximum absolute atomic E-state index is 12.9. The van der Waals surface area contributed by atoms with Crippen molar-refractivity contribution in [2.45, 2.75) is 12.6 Å². The van der Waals surface area contributed by atoms with E-state index in [2.05, 4.69) is 4.98 Å². The van der Waals surface area contributed by atoms with Gasteiger partial charge in [0.05, 0.1) is 11.6 Å². The Morgan fingerprint density at radius 2 is 1.50 bits per heavy atom. The fraction of sp³-hybridized carbons (Fsp3) is 0.0870. The van der Waals surface area contributed by atoms with Gasteiger partial charge in [-0.25, -0.2) is 0 Å². The van der Waals surface area contributed by atoms with E-state index in [1.54, 1.807) is 48.8 Å². The van der Waals surface area contributed by atoms with Crippen LogP contribution in [0.25, 0.3) is 5.76 Å². The Morgan fingerprint density at radius 1 is 0.893 bits per heavy atom. The maximum Gasteiger partial charge on any atom is 0.295 e. The standard InChI is InChI=1S/C23H18N2O3/c26-21(18-9-5-2-6-10-18)19-20(17-7-3-1-4-8-17)25(23(28)22(19)27)15-16-11-13-24-14-12-16/h1-14,20,26H,15H2/b21-19+. The van der Waals surface area contributed by atoms with Crippen LogP contribution in [0.1, 0.15) is 22.7 Å². The van der Waals surface area contributed by atoms with E-state index in [9.17, 15) is 14.7 Å². The number of aliphatic hydroxyl groups excluding tert-OH is 1. The van der Waals surface area contributed by atoms with E-state index in [-0.39, 0.29) is 17.9 Å². The number of pyridine rings is 1. The summed E-state index contributed by atoms with van der Waals surface area (Å²) < 4.78 is 0. The summed E-state index contributed by atoms with van der Waals surface area (Å²) in [6.45, 7) is 0.248. The highest BCUT2D eigenvalue weighted by atomic mass is 16.3. The van der Waals surface area contributed by atoms with Gasteiger partial charge in [-0.05, 0) is 23.3 Å². The normalized spacial score (nSPS) is 18.4. The van der Waals surface area contributed by atoms with Crippen molar-refractivity contribution in [1.29, 1.82) is 0 Å². The molecule has 5 heteroatoms. The number of carbonyl (C=O) groups is 2. The van der Waals surface area contributed by atoms with E-state index < -0.39 is 17.7 Å². The smallest absolute Gasteiger partial charge is 0.295 e. The van der Waals surface area contributed by atoms with Gasteiger partial charge in [-0.1, -0.05) is 60.7 Å². The monoisotopic (exact) mass is 370 g/mol. The molecule has 2 heterocycles. The molecule has 2 aromatic carbocycles. The molecule has 1 aliphatic rings. The number of hydrogen-bond acceptors (Lipinski definition) is 4. The summed E-state index contributed by atoms with van der Waals surface area (Å²) in [5.41, 5.74) is 2.24. The summed E-state index contributed by atoms with van der Waals surface area (Å²) in [5, 5.41) is 10.9. The van der Waals surface area contributed by atoms with E-state index >= 15 is 0 Å². The zero-order valence-corrected chi connectivity index (χ0v) is 15.0. The average Bonchev–Trinajstić information content (AvgIpc) is 3.00. The second-order valence-electron chi connectivity index (χ2n) is 6.56. The lowest BCUT2D eigenvalue weighted by Gasteiger charge is -2.25. The Labute approximate surface area is 162 Å². The number of nitrogens with zero attached hydrogens (tertiary/aromatic N) is 2. The van der Waals surface area contributed by atoms with Crippen molar-refractivity contribution in [3.05, 3.63) is 107 Å². The second-order valence-corrected chi connectivity index (χ2v) is 6.56. The molecule has 1 aromatic heterocycles. The molecule has 0 radical (unpaired) electrons. The number of hydrogen-bond donors (Lipinski definition) is 1. The van der Waals surface area contributed by atoms with Crippen LogP contribution in [0.15, 0.2) is 90.8 Å². The van der Waals surface area contributed by atoms with Gasteiger partial charge in [0, 0.05) is 24.5 Å². The van der Waals surface area contributed by atoms with E-state index in [4.69, 9.17) is 0 Å². The summed E-state index contributed by atoms with van der Waals surface area (Å²) in [4.78, 5) is 31.2. The van der Waals surface area contributed by atoms with Crippen molar-refractivity contribution < 1.29 is 14.7 Å². The Bertz CT molecular complexity index is 1030. The van der Waals surface area contributed by atoms with Gasteiger partial charge in [0.15, 0.2) is 0 Å². The molecule has 1 aliphatic heterocycles. The molecule has 5 nitrogen and oxygen atoms in total. The van der Waals surface area contributed by atoms with E-state index in [1.807, 2.05) is 36.4 Å². The van der Waals surface area contributed by atoms with Crippen LogP contribution in [-0.4, -0.2) is 26.7 Å². The highest BCUT2D eigenvalue weighted by Gasteiger charge is 2.45. The number of aromatic nitrogens is 1. The van der Waals surface area contributed by atoms with E-state index in [0.29, 0.717) is 5.56 Å². The van der Waals surface area contributed by atoms with Crippen LogP contribution in [0.4, 0.5) is 0 Å². The van der Waals surface area contributed by atoms with Gasteiger partial charge in [0.1, 0.15) is 5.76 Å². The molecule has 0 saturated carbocycles. The molecule has 0 spiro atoms. The third-order valence-corrected chi connectivity index (χ3v) is 4.80. The number of likely N-dealkylation sites (tertiary alicyclic amines) is 1. The molecule has 1 unspecified atom stereocenters. The predicted molar refractivity (Wildman–Crippen MR) is 105 cm³/mol. The molecule has 0 bridgehead atoms. The highest BCUT2D eigenvalue weighted by molar-refractivity contribution is 6.46. The third kappa shape index (κ3) is 3.18. The number of aliphatic hydroxyl groups is 1. The zero-order chi connectivity index (χ0) is 19.5. The zero-order valence-electron chi connectivity index (χ0n) is 15.0. The largest absolute Gasteiger partial charge is 0.507 e. The number of Topliss-reactive ketones (excluding diaryl/α,β-unsaturated/α-hetero) is 1. The molecule has 3 aromatic rings. The molecular weight excluding hydrogens is 352 g/mol. The quantitative estimate of drug-likeness (QED) is 0.432. The van der Waals surface area contributed by atoms with Crippen LogP contribution in [-0.2, 0) is 16.1 Å². The van der Waals surface area contributed by atoms with Crippen molar-refractivity contribution in [2.75, 3.05) is 0 Å². The molecule has 1 N–H and O–H groups in total. The first-order valence-corrected chi connectivity index (χ1v) is 8.94. The summed E-state index contributed by atoms with van der Waals surface area (Å²) in [7, 11) is 0. The molecule has 28 heavy (non-hydrogen) atoms. The van der Waals surface area contributed by atoms with Crippen molar-refractivity contribution in [3.8, 4) is 0 Å². The van der Waals surface area contributed by atoms with Gasteiger partial charge >= 0.3 is 0 Å². The molecule has 1 saturated heterocycles. The minimum absolute atomic E-state index is 0.108. The van der Waals surface area contributed by atoms with Crippen LogP contribution in [0, 0.1) is 0 Å². The first-order valence-electron chi connectivity index (χ1n) is 8.94. The number of ketones is 1. The summed E-state index contributed by atoms with van der Waals surface area (Å²) in [5.74, 6) is -1.46. The fourth-order valence-corrected chi connectivity index (χ4v) is 3.46. The van der Waals surface area contributed by atoms with Crippen molar-refractivity contribution >= 4 is 17.4 Å². The average molecular weight is 370 g/mol. The lowest BCUT2D eigenvalue weighted by molar-refractivity contribution is -0.140. The SMILES string of the molecule is O=C1C(=O)N(Cc2ccncc2)C(c2ccccc2)/C1=C(\O)c1ccccc1. The molecule has 4 rings (SSSR count). The lowest BCUT2D eigenvalue weighted by Crippen LogP contribution is -2.29. The van der Waals surface area contributed by atoms with Gasteiger partial charge in [-0.2, -0.15) is 0 Å². The molecule has 1 atom stereocenters. The van der Waals surface area contributed by atoms with Gasteiger partial charge < -0.3 is 10.0 Å². The van der Waals surface area contributed by atoms with E-state index in [1.165, 1.54) is 4.90 Å². The summed E-state index contributed by atoms with van der Waals surface area (Å²) >= 11 is 0. The van der Waals surface area contributed by atoms with Gasteiger partial charge in [0.25, 0.3) is 11.7 Å².